The van der Waals surface area contributed by atoms with E-state index in [4.69, 9.17) is 4.74 Å². The Hall–Kier alpha value is -1.73. The molecule has 1 aromatic rings. The summed E-state index contributed by atoms with van der Waals surface area (Å²) in [5.41, 5.74) is -0.447. The Morgan fingerprint density at radius 3 is 2.60 bits per heavy atom. The first-order valence-electron chi connectivity index (χ1n) is 8.72. The zero-order valence-corrected chi connectivity index (χ0v) is 14.5. The van der Waals surface area contributed by atoms with Gasteiger partial charge in [-0.2, -0.15) is 0 Å². The Bertz CT molecular complexity index is 622. The van der Waals surface area contributed by atoms with Crippen LogP contribution in [-0.2, 0) is 4.74 Å². The molecule has 138 valence electrons. The van der Waals surface area contributed by atoms with E-state index in [1.54, 1.807) is 4.90 Å². The quantitative estimate of drug-likeness (QED) is 0.906. The second kappa shape index (κ2) is 7.25. The third kappa shape index (κ3) is 3.93. The van der Waals surface area contributed by atoms with Gasteiger partial charge in [-0.05, 0) is 26.7 Å². The molecule has 0 saturated carbocycles. The Morgan fingerprint density at radius 2 is 1.96 bits per heavy atom. The van der Waals surface area contributed by atoms with E-state index in [0.717, 1.165) is 32.0 Å². The maximum Gasteiger partial charge on any atom is 0.260 e. The number of carbonyl (C=O) groups excluding carboxylic acids is 1. The number of halogens is 2. The summed E-state index contributed by atoms with van der Waals surface area (Å²) in [7, 11) is 0. The molecule has 25 heavy (non-hydrogen) atoms. The molecule has 0 bridgehead atoms. The maximum absolute atomic E-state index is 14.0. The Kier molecular flexibility index (Phi) is 5.24. The smallest absolute Gasteiger partial charge is 0.260 e. The summed E-state index contributed by atoms with van der Waals surface area (Å²) in [5.74, 6) is -3.16. The third-order valence-corrected chi connectivity index (χ3v) is 4.85. The molecule has 1 amide bonds. The number of morpholine rings is 1. The van der Waals surface area contributed by atoms with Crippen LogP contribution in [0.25, 0.3) is 0 Å². The van der Waals surface area contributed by atoms with Gasteiger partial charge in [0, 0.05) is 44.4 Å². The van der Waals surface area contributed by atoms with Crippen molar-refractivity contribution in [1.29, 1.82) is 0 Å². The van der Waals surface area contributed by atoms with Gasteiger partial charge in [0.25, 0.3) is 5.91 Å². The first-order chi connectivity index (χ1) is 11.8. The molecule has 0 aromatic heterocycles. The van der Waals surface area contributed by atoms with Crippen molar-refractivity contribution in [3.63, 3.8) is 0 Å². The minimum atomic E-state index is -1.03. The van der Waals surface area contributed by atoms with E-state index in [1.165, 1.54) is 0 Å². The number of nitrogens with zero attached hydrogens (tertiary/aromatic N) is 2. The molecule has 2 aliphatic heterocycles. The summed E-state index contributed by atoms with van der Waals surface area (Å²) in [4.78, 5) is 16.6. The van der Waals surface area contributed by atoms with Crippen LogP contribution < -0.4 is 0 Å². The van der Waals surface area contributed by atoms with Gasteiger partial charge in [0.15, 0.2) is 0 Å². The molecule has 7 heteroatoms. The summed E-state index contributed by atoms with van der Waals surface area (Å²) in [6, 6.07) is 1.35. The number of amides is 1. The van der Waals surface area contributed by atoms with Gasteiger partial charge in [0.2, 0.25) is 0 Å². The number of hydrogen-bond acceptors (Lipinski definition) is 4. The molecule has 3 unspecified atom stereocenters. The highest BCUT2D eigenvalue weighted by atomic mass is 19.1. The number of phenolic OH excluding ortho intramolecular Hbond substituents is 1. The van der Waals surface area contributed by atoms with E-state index in [-0.39, 0.29) is 18.2 Å². The molecule has 2 heterocycles. The summed E-state index contributed by atoms with van der Waals surface area (Å²) in [6.45, 7) is 6.82. The Labute approximate surface area is 146 Å². The lowest BCUT2D eigenvalue weighted by Crippen LogP contribution is -2.51. The van der Waals surface area contributed by atoms with E-state index in [1.807, 2.05) is 13.8 Å². The van der Waals surface area contributed by atoms with Gasteiger partial charge in [0.1, 0.15) is 22.9 Å². The van der Waals surface area contributed by atoms with Crippen LogP contribution in [0.2, 0.25) is 0 Å². The van der Waals surface area contributed by atoms with Gasteiger partial charge in [-0.15, -0.1) is 0 Å². The summed E-state index contributed by atoms with van der Waals surface area (Å²) >= 11 is 0. The molecule has 5 nitrogen and oxygen atoms in total. The van der Waals surface area contributed by atoms with Gasteiger partial charge in [0.05, 0.1) is 12.2 Å². The minimum absolute atomic E-state index is 0.0474. The fraction of sp³-hybridized carbons (Fsp3) is 0.611. The lowest BCUT2D eigenvalue weighted by Gasteiger charge is -2.38. The van der Waals surface area contributed by atoms with Crippen molar-refractivity contribution in [2.75, 3.05) is 26.2 Å². The normalized spacial score (nSPS) is 27.7. The van der Waals surface area contributed by atoms with Crippen molar-refractivity contribution in [3.05, 3.63) is 29.3 Å². The molecule has 2 aliphatic rings. The summed E-state index contributed by atoms with van der Waals surface area (Å²) in [6.07, 6.45) is 1.92. The number of hydrogen-bond donors (Lipinski definition) is 1. The van der Waals surface area contributed by atoms with Crippen LogP contribution in [0.1, 0.15) is 37.0 Å². The van der Waals surface area contributed by atoms with Gasteiger partial charge in [-0.3, -0.25) is 9.69 Å². The fourth-order valence-electron chi connectivity index (χ4n) is 3.94. The zero-order chi connectivity index (χ0) is 18.1. The lowest BCUT2D eigenvalue weighted by atomic mass is 10.1. The first-order valence-corrected chi connectivity index (χ1v) is 8.72. The molecule has 0 radical (unpaired) electrons. The largest absolute Gasteiger partial charge is 0.507 e. The van der Waals surface area contributed by atoms with Crippen LogP contribution in [0.15, 0.2) is 12.1 Å². The van der Waals surface area contributed by atoms with Crippen LogP contribution >= 0.6 is 0 Å². The summed E-state index contributed by atoms with van der Waals surface area (Å²) in [5, 5.41) is 9.83. The highest BCUT2D eigenvalue weighted by Gasteiger charge is 2.35. The van der Waals surface area contributed by atoms with Crippen molar-refractivity contribution in [1.82, 2.24) is 9.80 Å². The molecule has 1 N–H and O–H groups in total. The molecule has 3 rings (SSSR count). The number of carbonyl (C=O) groups is 1. The van der Waals surface area contributed by atoms with Crippen LogP contribution in [0.3, 0.4) is 0 Å². The fourth-order valence-corrected chi connectivity index (χ4v) is 3.94. The summed E-state index contributed by atoms with van der Waals surface area (Å²) < 4.78 is 32.9. The number of benzene rings is 1. The molecule has 2 fully saturated rings. The SMILES string of the molecule is CC1CN(CC2CCCN2C(=O)c2c(O)cc(F)cc2F)CC(C)O1. The molecular weight excluding hydrogens is 330 g/mol. The monoisotopic (exact) mass is 354 g/mol. The Morgan fingerprint density at radius 1 is 1.28 bits per heavy atom. The van der Waals surface area contributed by atoms with E-state index < -0.39 is 28.9 Å². The number of ether oxygens (including phenoxy) is 1. The van der Waals surface area contributed by atoms with Gasteiger partial charge >= 0.3 is 0 Å². The average molecular weight is 354 g/mol. The number of aromatic hydroxyl groups is 1. The number of likely N-dealkylation sites (tertiary alicyclic amines) is 1. The predicted octanol–water partition coefficient (Wildman–Crippen LogP) is 2.38. The van der Waals surface area contributed by atoms with Crippen LogP contribution in [0.4, 0.5) is 8.78 Å². The van der Waals surface area contributed by atoms with Crippen LogP contribution in [-0.4, -0.2) is 65.2 Å². The molecule has 0 aliphatic carbocycles. The topological polar surface area (TPSA) is 53.0 Å². The highest BCUT2D eigenvalue weighted by molar-refractivity contribution is 5.97. The lowest BCUT2D eigenvalue weighted by molar-refractivity contribution is -0.0715. The minimum Gasteiger partial charge on any atom is -0.507 e. The maximum atomic E-state index is 14.0. The molecular formula is C18H24F2N2O3. The van der Waals surface area contributed by atoms with E-state index in [0.29, 0.717) is 19.2 Å². The second-order valence-corrected chi connectivity index (χ2v) is 7.05. The van der Waals surface area contributed by atoms with E-state index in [2.05, 4.69) is 4.90 Å². The number of rotatable bonds is 3. The molecule has 1 aromatic carbocycles. The number of phenols is 1. The van der Waals surface area contributed by atoms with Crippen molar-refractivity contribution in [2.45, 2.75) is 44.9 Å². The van der Waals surface area contributed by atoms with Gasteiger partial charge < -0.3 is 14.7 Å². The molecule has 3 atom stereocenters. The predicted molar refractivity (Wildman–Crippen MR) is 88.5 cm³/mol. The van der Waals surface area contributed by atoms with Crippen LogP contribution in [0.5, 0.6) is 5.75 Å². The highest BCUT2D eigenvalue weighted by Crippen LogP contribution is 2.28. The van der Waals surface area contributed by atoms with Crippen molar-refractivity contribution < 1.29 is 23.4 Å². The molecule has 2 saturated heterocycles. The average Bonchev–Trinajstić information content (AvgIpc) is 2.92. The van der Waals surface area contributed by atoms with Crippen molar-refractivity contribution >= 4 is 5.91 Å². The molecule has 0 spiro atoms. The zero-order valence-electron chi connectivity index (χ0n) is 14.5. The standard InChI is InChI=1S/C18H24F2N2O3/c1-11-8-21(9-12(2)25-11)10-14-4-3-5-22(14)18(24)17-15(20)6-13(19)7-16(17)23/h6-7,11-12,14,23H,3-5,8-10H2,1-2H3. The third-order valence-electron chi connectivity index (χ3n) is 4.85. The first kappa shape index (κ1) is 18.1. The van der Waals surface area contributed by atoms with Crippen molar-refractivity contribution in [2.24, 2.45) is 0 Å². The van der Waals surface area contributed by atoms with Crippen LogP contribution in [0, 0.1) is 11.6 Å². The van der Waals surface area contributed by atoms with Gasteiger partial charge in [-0.25, -0.2) is 8.78 Å². The van der Waals surface area contributed by atoms with E-state index in [9.17, 15) is 18.7 Å². The van der Waals surface area contributed by atoms with Crippen molar-refractivity contribution in [3.8, 4) is 5.75 Å². The van der Waals surface area contributed by atoms with E-state index >= 15 is 0 Å². The second-order valence-electron chi connectivity index (χ2n) is 7.05. The van der Waals surface area contributed by atoms with Gasteiger partial charge in [-0.1, -0.05) is 0 Å². The Balaban J connectivity index is 1.74.